The summed E-state index contributed by atoms with van der Waals surface area (Å²) in [5, 5.41) is 14.4. The van der Waals surface area contributed by atoms with Gasteiger partial charge in [0.15, 0.2) is 0 Å². The molecule has 0 aliphatic carbocycles. The van der Waals surface area contributed by atoms with Crippen LogP contribution in [-0.4, -0.2) is 59.3 Å². The van der Waals surface area contributed by atoms with Gasteiger partial charge >= 0.3 is 6.01 Å². The van der Waals surface area contributed by atoms with Gasteiger partial charge in [-0.1, -0.05) is 5.10 Å². The van der Waals surface area contributed by atoms with Crippen molar-refractivity contribution in [1.29, 1.82) is 0 Å². The van der Waals surface area contributed by atoms with E-state index in [1.165, 1.54) is 4.31 Å². The lowest BCUT2D eigenvalue weighted by molar-refractivity contribution is 0.369. The molecule has 1 saturated heterocycles. The molecule has 1 N–H and O–H groups in total. The average Bonchev–Trinajstić information content (AvgIpc) is 3.05. The quantitative estimate of drug-likeness (QED) is 0.860. The first-order valence-corrected chi connectivity index (χ1v) is 8.40. The number of H-pyrrole nitrogens is 1. The van der Waals surface area contributed by atoms with E-state index in [-0.39, 0.29) is 4.90 Å². The number of aromatic nitrogens is 4. The molecule has 1 fully saturated rings. The molecule has 3 heterocycles. The van der Waals surface area contributed by atoms with Crippen molar-refractivity contribution in [2.24, 2.45) is 0 Å². The highest BCUT2D eigenvalue weighted by atomic mass is 32.2. The van der Waals surface area contributed by atoms with E-state index in [1.807, 2.05) is 4.90 Å². The first-order chi connectivity index (χ1) is 10.4. The Bertz CT molecular complexity index is 753. The van der Waals surface area contributed by atoms with Gasteiger partial charge in [-0.3, -0.25) is 5.10 Å². The summed E-state index contributed by atoms with van der Waals surface area (Å²) < 4.78 is 32.3. The van der Waals surface area contributed by atoms with Crippen LogP contribution in [0.4, 0.5) is 6.01 Å². The zero-order chi connectivity index (χ0) is 15.9. The average molecular weight is 326 g/mol. The van der Waals surface area contributed by atoms with Crippen molar-refractivity contribution in [3.05, 3.63) is 17.3 Å². The summed E-state index contributed by atoms with van der Waals surface area (Å²) in [6, 6.07) is 0.435. The van der Waals surface area contributed by atoms with Gasteiger partial charge in [-0.05, 0) is 13.8 Å². The zero-order valence-corrected chi connectivity index (χ0v) is 13.5. The third kappa shape index (κ3) is 2.48. The van der Waals surface area contributed by atoms with Gasteiger partial charge in [0.2, 0.25) is 15.9 Å². The van der Waals surface area contributed by atoms with Crippen LogP contribution in [0.25, 0.3) is 0 Å². The minimum atomic E-state index is -3.53. The number of sulfonamides is 1. The number of hydrogen-bond donors (Lipinski definition) is 1. The highest BCUT2D eigenvalue weighted by Crippen LogP contribution is 2.23. The van der Waals surface area contributed by atoms with Gasteiger partial charge in [0.1, 0.15) is 4.90 Å². The van der Waals surface area contributed by atoms with Gasteiger partial charge in [-0.2, -0.15) is 9.40 Å². The number of aryl methyl sites for hydroxylation is 3. The number of rotatable bonds is 3. The maximum atomic E-state index is 12.7. The third-order valence-corrected chi connectivity index (χ3v) is 5.85. The Morgan fingerprint density at radius 2 is 1.77 bits per heavy atom. The SMILES string of the molecule is Cc1nnc(N2CCN(S(=O)(=O)c3c(C)n[nH]c3C)CC2)o1. The lowest BCUT2D eigenvalue weighted by atomic mass is 10.4. The number of hydrogen-bond acceptors (Lipinski definition) is 7. The highest BCUT2D eigenvalue weighted by Gasteiger charge is 2.33. The van der Waals surface area contributed by atoms with Crippen LogP contribution in [0.3, 0.4) is 0 Å². The van der Waals surface area contributed by atoms with Crippen LogP contribution in [0.1, 0.15) is 17.3 Å². The van der Waals surface area contributed by atoms with Gasteiger partial charge in [-0.15, -0.1) is 5.10 Å². The first kappa shape index (κ1) is 15.0. The van der Waals surface area contributed by atoms with Crippen LogP contribution in [-0.2, 0) is 10.0 Å². The van der Waals surface area contributed by atoms with E-state index in [0.29, 0.717) is 49.5 Å². The summed E-state index contributed by atoms with van der Waals surface area (Å²) >= 11 is 0. The number of anilines is 1. The van der Waals surface area contributed by atoms with Crippen molar-refractivity contribution in [2.45, 2.75) is 25.7 Å². The molecule has 22 heavy (non-hydrogen) atoms. The Hall–Kier alpha value is -1.94. The standard InChI is InChI=1S/C12H18N6O3S/c1-8-11(9(2)14-13-8)22(19,20)18-6-4-17(5-7-18)12-16-15-10(3)21-12/h4-7H2,1-3H3,(H,13,14). The van der Waals surface area contributed by atoms with E-state index in [1.54, 1.807) is 20.8 Å². The predicted octanol–water partition coefficient (Wildman–Crippen LogP) is 0.229. The highest BCUT2D eigenvalue weighted by molar-refractivity contribution is 7.89. The minimum Gasteiger partial charge on any atom is -0.408 e. The second-order valence-corrected chi connectivity index (χ2v) is 7.13. The minimum absolute atomic E-state index is 0.273. The molecule has 1 aliphatic heterocycles. The fourth-order valence-corrected chi connectivity index (χ4v) is 4.34. The molecule has 0 aromatic carbocycles. The zero-order valence-electron chi connectivity index (χ0n) is 12.7. The van der Waals surface area contributed by atoms with Crippen molar-refractivity contribution < 1.29 is 12.8 Å². The smallest absolute Gasteiger partial charge is 0.318 e. The Morgan fingerprint density at radius 3 is 2.27 bits per heavy atom. The number of piperazine rings is 1. The molecule has 120 valence electrons. The van der Waals surface area contributed by atoms with E-state index in [0.717, 1.165) is 0 Å². The lowest BCUT2D eigenvalue weighted by Gasteiger charge is -2.32. The van der Waals surface area contributed by atoms with E-state index >= 15 is 0 Å². The van der Waals surface area contributed by atoms with Crippen LogP contribution in [0.15, 0.2) is 9.31 Å². The monoisotopic (exact) mass is 326 g/mol. The summed E-state index contributed by atoms with van der Waals surface area (Å²) in [5.41, 5.74) is 1.06. The molecule has 0 amide bonds. The summed E-state index contributed by atoms with van der Waals surface area (Å²) in [4.78, 5) is 2.16. The van der Waals surface area contributed by atoms with Crippen molar-refractivity contribution >= 4 is 16.0 Å². The van der Waals surface area contributed by atoms with Gasteiger partial charge < -0.3 is 9.32 Å². The molecule has 0 unspecified atom stereocenters. The lowest BCUT2D eigenvalue weighted by Crippen LogP contribution is -2.49. The summed E-state index contributed by atoms with van der Waals surface area (Å²) in [6.07, 6.45) is 0. The number of nitrogens with one attached hydrogen (secondary N) is 1. The Balaban J connectivity index is 1.76. The van der Waals surface area contributed by atoms with Gasteiger partial charge in [0.25, 0.3) is 0 Å². The van der Waals surface area contributed by atoms with Crippen LogP contribution < -0.4 is 4.90 Å². The topological polar surface area (TPSA) is 108 Å². The molecule has 0 atom stereocenters. The molecule has 2 aromatic rings. The van der Waals surface area contributed by atoms with Gasteiger partial charge in [0.05, 0.1) is 11.4 Å². The first-order valence-electron chi connectivity index (χ1n) is 6.96. The van der Waals surface area contributed by atoms with Crippen molar-refractivity contribution in [3.8, 4) is 0 Å². The van der Waals surface area contributed by atoms with Crippen molar-refractivity contribution in [3.63, 3.8) is 0 Å². The summed E-state index contributed by atoms with van der Waals surface area (Å²) in [6.45, 7) is 6.88. The molecular weight excluding hydrogens is 308 g/mol. The molecule has 9 nitrogen and oxygen atoms in total. The van der Waals surface area contributed by atoms with Gasteiger partial charge in [0, 0.05) is 33.1 Å². The third-order valence-electron chi connectivity index (χ3n) is 3.68. The second-order valence-electron chi connectivity index (χ2n) is 5.26. The maximum absolute atomic E-state index is 12.7. The Morgan fingerprint density at radius 1 is 1.09 bits per heavy atom. The maximum Gasteiger partial charge on any atom is 0.318 e. The number of aromatic amines is 1. The van der Waals surface area contributed by atoms with E-state index < -0.39 is 10.0 Å². The van der Waals surface area contributed by atoms with Crippen LogP contribution >= 0.6 is 0 Å². The molecule has 0 radical (unpaired) electrons. The largest absolute Gasteiger partial charge is 0.408 e. The van der Waals surface area contributed by atoms with E-state index in [2.05, 4.69) is 20.4 Å². The normalized spacial score (nSPS) is 17.1. The van der Waals surface area contributed by atoms with E-state index in [4.69, 9.17) is 4.42 Å². The predicted molar refractivity (Wildman–Crippen MR) is 78.1 cm³/mol. The number of nitrogens with zero attached hydrogens (tertiary/aromatic N) is 5. The molecule has 1 aliphatic rings. The Labute approximate surface area is 128 Å². The summed E-state index contributed by atoms with van der Waals surface area (Å²) in [5.74, 6) is 0.495. The fourth-order valence-electron chi connectivity index (χ4n) is 2.58. The molecular formula is C12H18N6O3S. The van der Waals surface area contributed by atoms with Crippen LogP contribution in [0.2, 0.25) is 0 Å². The van der Waals surface area contributed by atoms with Gasteiger partial charge in [-0.25, -0.2) is 8.42 Å². The molecule has 2 aromatic heterocycles. The Kier molecular flexibility index (Phi) is 3.65. The molecule has 0 bridgehead atoms. The van der Waals surface area contributed by atoms with Crippen molar-refractivity contribution in [1.82, 2.24) is 24.7 Å². The van der Waals surface area contributed by atoms with Crippen LogP contribution in [0.5, 0.6) is 0 Å². The second kappa shape index (κ2) is 5.36. The molecule has 0 spiro atoms. The van der Waals surface area contributed by atoms with Crippen LogP contribution in [0, 0.1) is 20.8 Å². The summed E-state index contributed by atoms with van der Waals surface area (Å²) in [7, 11) is -3.53. The molecule has 10 heteroatoms. The molecule has 0 saturated carbocycles. The van der Waals surface area contributed by atoms with E-state index in [9.17, 15) is 8.42 Å². The van der Waals surface area contributed by atoms with Crippen molar-refractivity contribution in [2.75, 3.05) is 31.1 Å². The molecule has 3 rings (SSSR count). The fraction of sp³-hybridized carbons (Fsp3) is 0.583.